The average Bonchev–Trinajstić information content (AvgIpc) is 3.04. The predicted molar refractivity (Wildman–Crippen MR) is 94.4 cm³/mol. The van der Waals surface area contributed by atoms with Crippen LogP contribution in [0.25, 0.3) is 11.4 Å². The summed E-state index contributed by atoms with van der Waals surface area (Å²) in [5, 5.41) is 14.3. The molecule has 7 nitrogen and oxygen atoms in total. The minimum atomic E-state index is -0.927. The Morgan fingerprint density at radius 2 is 1.92 bits per heavy atom. The van der Waals surface area contributed by atoms with E-state index in [0.717, 1.165) is 11.4 Å². The number of hydrogen-bond acceptors (Lipinski definition) is 5. The fraction of sp³-hybridized carbons (Fsp3) is 0.500. The van der Waals surface area contributed by atoms with Gasteiger partial charge >= 0.3 is 0 Å². The normalized spacial score (nSPS) is 19.6. The summed E-state index contributed by atoms with van der Waals surface area (Å²) in [7, 11) is 0. The van der Waals surface area contributed by atoms with Gasteiger partial charge in [0.15, 0.2) is 11.6 Å². The SMILES string of the molecule is CC(C)[C@H]1c2nc(-c3ccccc3)nn2CCN1C(=O)[C@@H](N)[C@@H](C)O. The van der Waals surface area contributed by atoms with E-state index in [1.807, 2.05) is 48.9 Å². The second-order valence-corrected chi connectivity index (χ2v) is 6.87. The zero-order chi connectivity index (χ0) is 18.1. The molecule has 0 fully saturated rings. The molecule has 0 spiro atoms. The fourth-order valence-corrected chi connectivity index (χ4v) is 3.23. The van der Waals surface area contributed by atoms with Crippen LogP contribution >= 0.6 is 0 Å². The molecule has 0 aliphatic carbocycles. The summed E-state index contributed by atoms with van der Waals surface area (Å²) in [6, 6.07) is 8.66. The molecular weight excluding hydrogens is 318 g/mol. The molecule has 1 aromatic heterocycles. The quantitative estimate of drug-likeness (QED) is 0.869. The molecule has 0 bridgehead atoms. The average molecular weight is 343 g/mol. The highest BCUT2D eigenvalue weighted by Gasteiger charge is 2.38. The number of nitrogens with two attached hydrogens (primary N) is 1. The summed E-state index contributed by atoms with van der Waals surface area (Å²) in [5.41, 5.74) is 6.83. The zero-order valence-corrected chi connectivity index (χ0v) is 14.8. The number of aliphatic hydroxyl groups excluding tert-OH is 1. The molecule has 2 aromatic rings. The summed E-state index contributed by atoms with van der Waals surface area (Å²) >= 11 is 0. The first-order chi connectivity index (χ1) is 11.9. The third kappa shape index (κ3) is 3.29. The van der Waals surface area contributed by atoms with Gasteiger partial charge in [0.1, 0.15) is 6.04 Å². The van der Waals surface area contributed by atoms with Gasteiger partial charge < -0.3 is 15.7 Å². The lowest BCUT2D eigenvalue weighted by Gasteiger charge is -2.39. The summed E-state index contributed by atoms with van der Waals surface area (Å²) in [5.74, 6) is 1.34. The molecule has 134 valence electrons. The van der Waals surface area contributed by atoms with Crippen molar-refractivity contribution in [2.75, 3.05) is 6.54 Å². The molecule has 0 saturated carbocycles. The van der Waals surface area contributed by atoms with Gasteiger partial charge in [-0.15, -0.1) is 0 Å². The molecule has 7 heteroatoms. The van der Waals surface area contributed by atoms with E-state index < -0.39 is 12.1 Å². The Bertz CT molecular complexity index is 741. The number of nitrogens with zero attached hydrogens (tertiary/aromatic N) is 4. The first-order valence-corrected chi connectivity index (χ1v) is 8.64. The maximum absolute atomic E-state index is 12.7. The summed E-state index contributed by atoms with van der Waals surface area (Å²) in [6.45, 7) is 6.70. The van der Waals surface area contributed by atoms with Crippen LogP contribution in [0.3, 0.4) is 0 Å². The lowest BCUT2D eigenvalue weighted by Crippen LogP contribution is -2.54. The van der Waals surface area contributed by atoms with Crippen molar-refractivity contribution >= 4 is 5.91 Å². The van der Waals surface area contributed by atoms with Crippen LogP contribution in [0.2, 0.25) is 0 Å². The van der Waals surface area contributed by atoms with Gasteiger partial charge in [-0.2, -0.15) is 5.10 Å². The molecule has 3 N–H and O–H groups in total. The van der Waals surface area contributed by atoms with E-state index in [4.69, 9.17) is 10.7 Å². The Balaban J connectivity index is 1.96. The Kier molecular flexibility index (Phi) is 4.87. The van der Waals surface area contributed by atoms with E-state index in [0.29, 0.717) is 18.9 Å². The molecular formula is C18H25N5O2. The lowest BCUT2D eigenvalue weighted by atomic mass is 9.98. The summed E-state index contributed by atoms with van der Waals surface area (Å²) < 4.78 is 1.88. The molecule has 0 unspecified atom stereocenters. The Hall–Kier alpha value is -2.25. The third-order valence-electron chi connectivity index (χ3n) is 4.60. The van der Waals surface area contributed by atoms with Crippen molar-refractivity contribution in [1.82, 2.24) is 19.7 Å². The molecule has 3 atom stereocenters. The smallest absolute Gasteiger partial charge is 0.242 e. The zero-order valence-electron chi connectivity index (χ0n) is 14.8. The van der Waals surface area contributed by atoms with Crippen LogP contribution in [0, 0.1) is 5.92 Å². The number of fused-ring (bicyclic) bond motifs is 1. The number of hydrogen-bond donors (Lipinski definition) is 2. The highest BCUT2D eigenvalue weighted by Crippen LogP contribution is 2.32. The minimum Gasteiger partial charge on any atom is -0.391 e. The number of aromatic nitrogens is 3. The molecule has 25 heavy (non-hydrogen) atoms. The second-order valence-electron chi connectivity index (χ2n) is 6.87. The number of amides is 1. The van der Waals surface area contributed by atoms with Gasteiger partial charge in [-0.25, -0.2) is 9.67 Å². The summed E-state index contributed by atoms with van der Waals surface area (Å²) in [4.78, 5) is 19.2. The van der Waals surface area contributed by atoms with Crippen LogP contribution in [0.5, 0.6) is 0 Å². The van der Waals surface area contributed by atoms with E-state index in [9.17, 15) is 9.90 Å². The highest BCUT2D eigenvalue weighted by atomic mass is 16.3. The van der Waals surface area contributed by atoms with E-state index in [-0.39, 0.29) is 17.9 Å². The molecule has 1 aliphatic rings. The van der Waals surface area contributed by atoms with Crippen molar-refractivity contribution in [3.8, 4) is 11.4 Å². The van der Waals surface area contributed by atoms with E-state index in [1.165, 1.54) is 6.92 Å². The van der Waals surface area contributed by atoms with Gasteiger partial charge in [0.05, 0.1) is 18.7 Å². The van der Waals surface area contributed by atoms with Gasteiger partial charge in [-0.1, -0.05) is 44.2 Å². The van der Waals surface area contributed by atoms with Crippen molar-refractivity contribution in [1.29, 1.82) is 0 Å². The lowest BCUT2D eigenvalue weighted by molar-refractivity contribution is -0.140. The predicted octanol–water partition coefficient (Wildman–Crippen LogP) is 1.19. The van der Waals surface area contributed by atoms with Gasteiger partial charge in [-0.05, 0) is 12.8 Å². The first-order valence-electron chi connectivity index (χ1n) is 8.64. The van der Waals surface area contributed by atoms with Crippen molar-refractivity contribution in [2.45, 2.75) is 45.5 Å². The molecule has 1 amide bonds. The van der Waals surface area contributed by atoms with Crippen molar-refractivity contribution in [3.63, 3.8) is 0 Å². The topological polar surface area (TPSA) is 97.3 Å². The van der Waals surface area contributed by atoms with Crippen molar-refractivity contribution in [2.24, 2.45) is 11.7 Å². The van der Waals surface area contributed by atoms with Crippen LogP contribution in [0.4, 0.5) is 0 Å². The van der Waals surface area contributed by atoms with Crippen molar-refractivity contribution < 1.29 is 9.90 Å². The van der Waals surface area contributed by atoms with Crippen LogP contribution in [-0.4, -0.2) is 49.4 Å². The van der Waals surface area contributed by atoms with Gasteiger partial charge in [-0.3, -0.25) is 4.79 Å². The van der Waals surface area contributed by atoms with Gasteiger partial charge in [0, 0.05) is 12.1 Å². The number of rotatable bonds is 4. The molecule has 0 radical (unpaired) electrons. The molecule has 3 rings (SSSR count). The van der Waals surface area contributed by atoms with Crippen LogP contribution < -0.4 is 5.73 Å². The first kappa shape index (κ1) is 17.6. The Morgan fingerprint density at radius 1 is 1.24 bits per heavy atom. The van der Waals surface area contributed by atoms with Gasteiger partial charge in [0.2, 0.25) is 5.91 Å². The number of benzene rings is 1. The maximum atomic E-state index is 12.7. The van der Waals surface area contributed by atoms with E-state index in [1.54, 1.807) is 4.90 Å². The van der Waals surface area contributed by atoms with Crippen LogP contribution in [0.1, 0.15) is 32.6 Å². The molecule has 2 heterocycles. The van der Waals surface area contributed by atoms with E-state index >= 15 is 0 Å². The maximum Gasteiger partial charge on any atom is 0.242 e. The fourth-order valence-electron chi connectivity index (χ4n) is 3.23. The minimum absolute atomic E-state index is 0.150. The second kappa shape index (κ2) is 6.93. The van der Waals surface area contributed by atoms with Crippen LogP contribution in [-0.2, 0) is 11.3 Å². The number of carbonyl (C=O) groups excluding carboxylic acids is 1. The highest BCUT2D eigenvalue weighted by molar-refractivity contribution is 5.82. The van der Waals surface area contributed by atoms with E-state index in [2.05, 4.69) is 5.10 Å². The monoisotopic (exact) mass is 343 g/mol. The van der Waals surface area contributed by atoms with Crippen LogP contribution in [0.15, 0.2) is 30.3 Å². The number of carbonyl (C=O) groups is 1. The standard InChI is InChI=1S/C18H25N5O2/c1-11(2)15-17-20-16(13-7-5-4-6-8-13)21-23(17)10-9-22(15)18(25)14(19)12(3)24/h4-8,11-12,14-15,24H,9-10,19H2,1-3H3/t12-,14+,15+/m1/s1. The largest absolute Gasteiger partial charge is 0.391 e. The van der Waals surface area contributed by atoms with Crippen molar-refractivity contribution in [3.05, 3.63) is 36.2 Å². The number of aliphatic hydroxyl groups is 1. The molecule has 0 saturated heterocycles. The summed E-state index contributed by atoms with van der Waals surface area (Å²) in [6.07, 6.45) is -0.889. The Morgan fingerprint density at radius 3 is 2.52 bits per heavy atom. The molecule has 1 aromatic carbocycles. The van der Waals surface area contributed by atoms with Gasteiger partial charge in [0.25, 0.3) is 0 Å². The Labute approximate surface area is 147 Å². The molecule has 1 aliphatic heterocycles. The third-order valence-corrected chi connectivity index (χ3v) is 4.60.